The normalized spacial score (nSPS) is 21.7. The lowest BCUT2D eigenvalue weighted by Gasteiger charge is -2.12. The molecule has 2 rings (SSSR count). The Hall–Kier alpha value is -1.16. The highest BCUT2D eigenvalue weighted by Gasteiger charge is 2.32. The second kappa shape index (κ2) is 5.65. The second-order valence-corrected chi connectivity index (χ2v) is 6.08. The van der Waals surface area contributed by atoms with Crippen molar-refractivity contribution in [3.63, 3.8) is 0 Å². The van der Waals surface area contributed by atoms with Crippen LogP contribution in [0, 0.1) is 11.8 Å². The van der Waals surface area contributed by atoms with Gasteiger partial charge in [-0.25, -0.2) is 4.79 Å². The summed E-state index contributed by atoms with van der Waals surface area (Å²) < 4.78 is 0. The summed E-state index contributed by atoms with van der Waals surface area (Å²) in [6, 6.07) is 5.65. The SMILES string of the molecule is CCSc1cccc(NCC2CC2C)c1C(=O)O. The maximum atomic E-state index is 11.4. The maximum absolute atomic E-state index is 11.4. The van der Waals surface area contributed by atoms with E-state index in [2.05, 4.69) is 12.2 Å². The molecule has 1 aromatic carbocycles. The minimum absolute atomic E-state index is 0.414. The molecule has 2 atom stereocenters. The van der Waals surface area contributed by atoms with Gasteiger partial charge in [-0.3, -0.25) is 0 Å². The molecule has 98 valence electrons. The molecule has 0 saturated heterocycles. The number of benzene rings is 1. The van der Waals surface area contributed by atoms with E-state index in [1.165, 1.54) is 6.42 Å². The fourth-order valence-electron chi connectivity index (χ4n) is 2.10. The molecule has 2 N–H and O–H groups in total. The highest BCUT2D eigenvalue weighted by Crippen LogP contribution is 2.38. The maximum Gasteiger partial charge on any atom is 0.338 e. The van der Waals surface area contributed by atoms with Crippen molar-refractivity contribution in [2.75, 3.05) is 17.6 Å². The number of rotatable bonds is 6. The lowest BCUT2D eigenvalue weighted by Crippen LogP contribution is -2.10. The van der Waals surface area contributed by atoms with Crippen molar-refractivity contribution in [2.24, 2.45) is 11.8 Å². The van der Waals surface area contributed by atoms with Crippen LogP contribution in [0.15, 0.2) is 23.1 Å². The highest BCUT2D eigenvalue weighted by molar-refractivity contribution is 7.99. The van der Waals surface area contributed by atoms with Crippen molar-refractivity contribution in [1.82, 2.24) is 0 Å². The summed E-state index contributed by atoms with van der Waals surface area (Å²) in [5, 5.41) is 12.6. The molecular formula is C14H19NO2S. The van der Waals surface area contributed by atoms with Gasteiger partial charge in [0.15, 0.2) is 0 Å². The summed E-state index contributed by atoms with van der Waals surface area (Å²) in [5.41, 5.74) is 1.16. The summed E-state index contributed by atoms with van der Waals surface area (Å²) in [4.78, 5) is 12.2. The molecule has 2 unspecified atom stereocenters. The summed E-state index contributed by atoms with van der Waals surface area (Å²) in [6.45, 7) is 5.14. The summed E-state index contributed by atoms with van der Waals surface area (Å²) in [5.74, 6) is 1.51. The Morgan fingerprint density at radius 3 is 2.83 bits per heavy atom. The van der Waals surface area contributed by atoms with E-state index >= 15 is 0 Å². The summed E-state index contributed by atoms with van der Waals surface area (Å²) in [6.07, 6.45) is 1.25. The Morgan fingerprint density at radius 1 is 1.56 bits per heavy atom. The molecule has 1 saturated carbocycles. The Morgan fingerprint density at radius 2 is 2.28 bits per heavy atom. The van der Waals surface area contributed by atoms with Crippen molar-refractivity contribution in [3.8, 4) is 0 Å². The summed E-state index contributed by atoms with van der Waals surface area (Å²) >= 11 is 1.57. The number of aromatic carboxylic acids is 1. The predicted octanol–water partition coefficient (Wildman–Crippen LogP) is 3.56. The van der Waals surface area contributed by atoms with Crippen LogP contribution in [0.1, 0.15) is 30.6 Å². The van der Waals surface area contributed by atoms with Crippen molar-refractivity contribution >= 4 is 23.4 Å². The first kappa shape index (κ1) is 13.3. The van der Waals surface area contributed by atoms with Gasteiger partial charge < -0.3 is 10.4 Å². The van der Waals surface area contributed by atoms with Gasteiger partial charge in [0.2, 0.25) is 0 Å². The van der Waals surface area contributed by atoms with Crippen molar-refractivity contribution in [1.29, 1.82) is 0 Å². The molecule has 0 bridgehead atoms. The van der Waals surface area contributed by atoms with E-state index in [1.807, 2.05) is 25.1 Å². The zero-order valence-corrected chi connectivity index (χ0v) is 11.6. The molecule has 4 heteroatoms. The monoisotopic (exact) mass is 265 g/mol. The van der Waals surface area contributed by atoms with Gasteiger partial charge in [-0.15, -0.1) is 11.8 Å². The van der Waals surface area contributed by atoms with Gasteiger partial charge in [-0.2, -0.15) is 0 Å². The standard InChI is InChI=1S/C14H19NO2S/c1-3-18-12-6-4-5-11(13(12)14(16)17)15-8-10-7-9(10)2/h4-6,9-10,15H,3,7-8H2,1-2H3,(H,16,17). The van der Waals surface area contributed by atoms with E-state index in [1.54, 1.807) is 11.8 Å². The smallest absolute Gasteiger partial charge is 0.338 e. The van der Waals surface area contributed by atoms with Crippen LogP contribution in [0.2, 0.25) is 0 Å². The first-order valence-corrected chi connectivity index (χ1v) is 7.35. The third-order valence-electron chi connectivity index (χ3n) is 3.37. The van der Waals surface area contributed by atoms with Gasteiger partial charge >= 0.3 is 5.97 Å². The Labute approximate surface area is 112 Å². The average Bonchev–Trinajstić information content (AvgIpc) is 3.03. The molecule has 0 radical (unpaired) electrons. The molecule has 0 spiro atoms. The molecular weight excluding hydrogens is 246 g/mol. The van der Waals surface area contributed by atoms with E-state index < -0.39 is 5.97 Å². The van der Waals surface area contributed by atoms with Crippen LogP contribution in [-0.4, -0.2) is 23.4 Å². The number of thioether (sulfide) groups is 1. The molecule has 0 amide bonds. The van der Waals surface area contributed by atoms with Crippen LogP contribution in [-0.2, 0) is 0 Å². The van der Waals surface area contributed by atoms with Gasteiger partial charge in [-0.05, 0) is 36.1 Å². The van der Waals surface area contributed by atoms with Crippen LogP contribution in [0.25, 0.3) is 0 Å². The summed E-state index contributed by atoms with van der Waals surface area (Å²) in [7, 11) is 0. The van der Waals surface area contributed by atoms with Crippen LogP contribution in [0.4, 0.5) is 5.69 Å². The third-order valence-corrected chi connectivity index (χ3v) is 4.31. The van der Waals surface area contributed by atoms with Gasteiger partial charge in [0.25, 0.3) is 0 Å². The number of anilines is 1. The number of nitrogens with one attached hydrogen (secondary N) is 1. The lowest BCUT2D eigenvalue weighted by atomic mass is 10.1. The van der Waals surface area contributed by atoms with Crippen LogP contribution >= 0.6 is 11.8 Å². The molecule has 3 nitrogen and oxygen atoms in total. The zero-order chi connectivity index (χ0) is 13.1. The topological polar surface area (TPSA) is 49.3 Å². The predicted molar refractivity (Wildman–Crippen MR) is 75.6 cm³/mol. The van der Waals surface area contributed by atoms with E-state index in [0.29, 0.717) is 11.5 Å². The van der Waals surface area contributed by atoms with Gasteiger partial charge in [-0.1, -0.05) is 19.9 Å². The van der Waals surface area contributed by atoms with Gasteiger partial charge in [0.1, 0.15) is 0 Å². The number of hydrogen-bond donors (Lipinski definition) is 2. The Bertz CT molecular complexity index is 447. The van der Waals surface area contributed by atoms with Gasteiger partial charge in [0, 0.05) is 17.1 Å². The molecule has 1 aliphatic rings. The molecule has 18 heavy (non-hydrogen) atoms. The first-order chi connectivity index (χ1) is 8.63. The van der Waals surface area contributed by atoms with Crippen molar-refractivity contribution < 1.29 is 9.90 Å². The Kier molecular flexibility index (Phi) is 4.17. The molecule has 1 aliphatic carbocycles. The first-order valence-electron chi connectivity index (χ1n) is 6.36. The van der Waals surface area contributed by atoms with Gasteiger partial charge in [0.05, 0.1) is 5.56 Å². The van der Waals surface area contributed by atoms with E-state index in [9.17, 15) is 9.90 Å². The fourth-order valence-corrected chi connectivity index (χ4v) is 2.93. The van der Waals surface area contributed by atoms with E-state index in [0.717, 1.165) is 28.8 Å². The molecule has 0 aliphatic heterocycles. The molecule has 0 aromatic heterocycles. The number of carboxylic acid groups (broad SMARTS) is 1. The largest absolute Gasteiger partial charge is 0.478 e. The number of hydrogen-bond acceptors (Lipinski definition) is 3. The van der Waals surface area contributed by atoms with Crippen molar-refractivity contribution in [3.05, 3.63) is 23.8 Å². The number of carbonyl (C=O) groups is 1. The number of carboxylic acids is 1. The lowest BCUT2D eigenvalue weighted by molar-refractivity contribution is 0.0694. The van der Waals surface area contributed by atoms with Crippen LogP contribution in [0.3, 0.4) is 0 Å². The molecule has 1 fully saturated rings. The van der Waals surface area contributed by atoms with Crippen molar-refractivity contribution in [2.45, 2.75) is 25.2 Å². The molecule has 0 heterocycles. The minimum Gasteiger partial charge on any atom is -0.478 e. The van der Waals surface area contributed by atoms with Crippen LogP contribution < -0.4 is 5.32 Å². The third kappa shape index (κ3) is 2.99. The highest BCUT2D eigenvalue weighted by atomic mass is 32.2. The van der Waals surface area contributed by atoms with E-state index in [-0.39, 0.29) is 0 Å². The van der Waals surface area contributed by atoms with E-state index in [4.69, 9.17) is 0 Å². The minimum atomic E-state index is -0.849. The average molecular weight is 265 g/mol. The Balaban J connectivity index is 2.16. The van der Waals surface area contributed by atoms with Crippen LogP contribution in [0.5, 0.6) is 0 Å². The molecule has 1 aromatic rings. The quantitative estimate of drug-likeness (QED) is 0.772. The second-order valence-electron chi connectivity index (χ2n) is 4.77. The fraction of sp³-hybridized carbons (Fsp3) is 0.500. The zero-order valence-electron chi connectivity index (χ0n) is 10.8.